The quantitative estimate of drug-likeness (QED) is 0.860. The number of carboxylic acids is 1. The number of hydrogen-bond donors (Lipinski definition) is 1. The van der Waals surface area contributed by atoms with Crippen LogP contribution in [0.3, 0.4) is 0 Å². The van der Waals surface area contributed by atoms with Crippen LogP contribution in [0.25, 0.3) is 0 Å². The highest BCUT2D eigenvalue weighted by molar-refractivity contribution is 5.83. The fourth-order valence-corrected chi connectivity index (χ4v) is 2.83. The normalized spacial score (nSPS) is 20.1. The van der Waals surface area contributed by atoms with Gasteiger partial charge in [0.15, 0.2) is 0 Å². The van der Waals surface area contributed by atoms with Crippen molar-refractivity contribution in [1.29, 1.82) is 0 Å². The Balaban J connectivity index is 2.08. The first-order valence-corrected chi connectivity index (χ1v) is 7.80. The number of carboxylic acid groups (broad SMARTS) is 1. The molecule has 1 saturated carbocycles. The minimum Gasteiger partial charge on any atom is -0.481 e. The van der Waals surface area contributed by atoms with Crippen molar-refractivity contribution >= 4 is 11.9 Å². The molecule has 0 aromatic heterocycles. The maximum atomic E-state index is 12.8. The zero-order valence-electron chi connectivity index (χ0n) is 13.5. The molecule has 1 aliphatic carbocycles. The topological polar surface area (TPSA) is 57.6 Å². The van der Waals surface area contributed by atoms with Gasteiger partial charge in [-0.1, -0.05) is 18.2 Å². The minimum absolute atomic E-state index is 0.109. The Hall–Kier alpha value is -2.05. The van der Waals surface area contributed by atoms with E-state index in [0.29, 0.717) is 12.0 Å². The molecule has 4 nitrogen and oxygen atoms in total. The number of carbonyl (C=O) groups excluding carboxylic acids is 1. The summed E-state index contributed by atoms with van der Waals surface area (Å²) in [4.78, 5) is 24.7. The predicted octanol–water partition coefficient (Wildman–Crippen LogP) is 3.52. The van der Waals surface area contributed by atoms with Crippen molar-refractivity contribution in [2.45, 2.75) is 44.8 Å². The number of alkyl halides is 3. The van der Waals surface area contributed by atoms with Crippen LogP contribution in [0.2, 0.25) is 0 Å². The lowest BCUT2D eigenvalue weighted by Gasteiger charge is -2.26. The monoisotopic (exact) mass is 343 g/mol. The molecule has 0 radical (unpaired) electrons. The number of carbonyl (C=O) groups is 2. The van der Waals surface area contributed by atoms with E-state index >= 15 is 0 Å². The number of rotatable bonds is 6. The second-order valence-electron chi connectivity index (χ2n) is 6.34. The van der Waals surface area contributed by atoms with Gasteiger partial charge in [-0.05, 0) is 37.8 Å². The Kier molecular flexibility index (Phi) is 5.20. The second-order valence-corrected chi connectivity index (χ2v) is 6.34. The number of halogens is 3. The van der Waals surface area contributed by atoms with Crippen molar-refractivity contribution in [3.05, 3.63) is 35.4 Å². The molecule has 132 valence electrons. The molecule has 1 aliphatic rings. The fourth-order valence-electron chi connectivity index (χ4n) is 2.83. The van der Waals surface area contributed by atoms with Crippen LogP contribution in [0, 0.1) is 5.92 Å². The van der Waals surface area contributed by atoms with Crippen LogP contribution in [0.1, 0.15) is 43.7 Å². The second kappa shape index (κ2) is 6.83. The minimum atomic E-state index is -4.41. The average Bonchev–Trinajstić information content (AvgIpc) is 3.26. The molecule has 24 heavy (non-hydrogen) atoms. The third-order valence-corrected chi connectivity index (χ3v) is 4.22. The van der Waals surface area contributed by atoms with E-state index < -0.39 is 17.7 Å². The molecule has 1 amide bonds. The number of hydrogen-bond acceptors (Lipinski definition) is 2. The average molecular weight is 343 g/mol. The van der Waals surface area contributed by atoms with Crippen LogP contribution in [0.4, 0.5) is 13.2 Å². The summed E-state index contributed by atoms with van der Waals surface area (Å²) in [6, 6.07) is 4.90. The fraction of sp³-hybridized carbons (Fsp3) is 0.529. The van der Waals surface area contributed by atoms with Crippen molar-refractivity contribution in [3.8, 4) is 0 Å². The predicted molar refractivity (Wildman–Crippen MR) is 81.4 cm³/mol. The van der Waals surface area contributed by atoms with Crippen LogP contribution >= 0.6 is 0 Å². The molecule has 2 rings (SSSR count). The highest BCUT2D eigenvalue weighted by Gasteiger charge is 2.46. The lowest BCUT2D eigenvalue weighted by molar-refractivity contribution is -0.140. The van der Waals surface area contributed by atoms with Gasteiger partial charge in [-0.25, -0.2) is 0 Å². The summed E-state index contributed by atoms with van der Waals surface area (Å²) in [6.45, 7) is 3.69. The largest absolute Gasteiger partial charge is 0.481 e. The van der Waals surface area contributed by atoms with Crippen molar-refractivity contribution in [2.24, 2.45) is 5.92 Å². The van der Waals surface area contributed by atoms with Crippen LogP contribution in [-0.2, 0) is 15.8 Å². The van der Waals surface area contributed by atoms with Crippen molar-refractivity contribution in [3.63, 3.8) is 0 Å². The Morgan fingerprint density at radius 3 is 2.54 bits per heavy atom. The molecule has 1 aromatic carbocycles. The van der Waals surface area contributed by atoms with Gasteiger partial charge in [-0.3, -0.25) is 9.59 Å². The van der Waals surface area contributed by atoms with E-state index in [9.17, 15) is 22.8 Å². The number of amides is 1. The summed E-state index contributed by atoms with van der Waals surface area (Å²) >= 11 is 0. The molecule has 0 heterocycles. The van der Waals surface area contributed by atoms with Crippen molar-refractivity contribution in [2.75, 3.05) is 6.54 Å². The summed E-state index contributed by atoms with van der Waals surface area (Å²) in [5.74, 6) is -1.78. The van der Waals surface area contributed by atoms with Gasteiger partial charge < -0.3 is 10.0 Å². The van der Waals surface area contributed by atoms with Gasteiger partial charge in [0.2, 0.25) is 5.91 Å². The van der Waals surface area contributed by atoms with Gasteiger partial charge in [-0.2, -0.15) is 13.2 Å². The smallest absolute Gasteiger partial charge is 0.416 e. The highest BCUT2D eigenvalue weighted by atomic mass is 19.4. The molecular weight excluding hydrogens is 323 g/mol. The maximum absolute atomic E-state index is 12.8. The third kappa shape index (κ3) is 4.27. The number of aliphatic carboxylic acids is 1. The van der Waals surface area contributed by atoms with Crippen LogP contribution in [0.5, 0.6) is 0 Å². The molecule has 0 saturated heterocycles. The van der Waals surface area contributed by atoms with Gasteiger partial charge in [0, 0.05) is 18.5 Å². The first kappa shape index (κ1) is 18.3. The number of benzene rings is 1. The molecule has 1 N–H and O–H groups in total. The van der Waals surface area contributed by atoms with Gasteiger partial charge in [0.05, 0.1) is 12.0 Å². The Morgan fingerprint density at radius 2 is 2.00 bits per heavy atom. The Morgan fingerprint density at radius 1 is 1.33 bits per heavy atom. The molecule has 7 heteroatoms. The third-order valence-electron chi connectivity index (χ3n) is 4.22. The molecule has 0 aliphatic heterocycles. The summed E-state index contributed by atoms with van der Waals surface area (Å²) < 4.78 is 38.4. The van der Waals surface area contributed by atoms with Gasteiger partial charge in [0.25, 0.3) is 0 Å². The Bertz CT molecular complexity index is 628. The first-order chi connectivity index (χ1) is 11.1. The van der Waals surface area contributed by atoms with Crippen LogP contribution in [0.15, 0.2) is 24.3 Å². The van der Waals surface area contributed by atoms with E-state index in [4.69, 9.17) is 5.11 Å². The van der Waals surface area contributed by atoms with E-state index in [2.05, 4.69) is 0 Å². The molecular formula is C17H20F3NO3. The summed E-state index contributed by atoms with van der Waals surface area (Å²) in [7, 11) is 0. The van der Waals surface area contributed by atoms with Gasteiger partial charge in [0.1, 0.15) is 0 Å². The van der Waals surface area contributed by atoms with E-state index in [1.54, 1.807) is 19.9 Å². The van der Waals surface area contributed by atoms with Crippen molar-refractivity contribution < 1.29 is 27.9 Å². The van der Waals surface area contributed by atoms with Crippen LogP contribution in [-0.4, -0.2) is 34.5 Å². The lowest BCUT2D eigenvalue weighted by Crippen LogP contribution is -2.39. The molecule has 1 aromatic rings. The molecule has 2 unspecified atom stereocenters. The van der Waals surface area contributed by atoms with Crippen LogP contribution < -0.4 is 0 Å². The van der Waals surface area contributed by atoms with Crippen molar-refractivity contribution in [1.82, 2.24) is 4.90 Å². The Labute approximate surface area is 138 Å². The molecule has 1 fully saturated rings. The van der Waals surface area contributed by atoms with Gasteiger partial charge in [-0.15, -0.1) is 0 Å². The summed E-state index contributed by atoms with van der Waals surface area (Å²) in [6.07, 6.45) is -4.06. The molecule has 0 spiro atoms. The summed E-state index contributed by atoms with van der Waals surface area (Å²) in [5.41, 5.74) is -0.213. The van der Waals surface area contributed by atoms with Gasteiger partial charge >= 0.3 is 12.1 Å². The molecule has 2 atom stereocenters. The van der Waals surface area contributed by atoms with E-state index in [-0.39, 0.29) is 36.8 Å². The zero-order chi connectivity index (χ0) is 18.1. The maximum Gasteiger partial charge on any atom is 0.416 e. The van der Waals surface area contributed by atoms with E-state index in [1.165, 1.54) is 11.0 Å². The summed E-state index contributed by atoms with van der Waals surface area (Å²) in [5, 5.41) is 8.77. The molecule has 0 bridgehead atoms. The first-order valence-electron chi connectivity index (χ1n) is 7.80. The SMILES string of the molecule is CC(C)N(CCC(=O)O)C(=O)C1CC1c1cccc(C(F)(F)F)c1. The zero-order valence-corrected chi connectivity index (χ0v) is 13.5. The van der Waals surface area contributed by atoms with E-state index in [0.717, 1.165) is 12.1 Å². The standard InChI is InChI=1S/C17H20F3NO3/c1-10(2)21(7-6-15(22)23)16(24)14-9-13(14)11-4-3-5-12(8-11)17(18,19)20/h3-5,8,10,13-14H,6-7,9H2,1-2H3,(H,22,23). The lowest BCUT2D eigenvalue weighted by atomic mass is 10.0. The highest BCUT2D eigenvalue weighted by Crippen LogP contribution is 2.49. The number of nitrogens with zero attached hydrogens (tertiary/aromatic N) is 1. The van der Waals surface area contributed by atoms with E-state index in [1.807, 2.05) is 0 Å².